The highest BCUT2D eigenvalue weighted by atomic mass is 14.4. The summed E-state index contributed by atoms with van der Waals surface area (Å²) in [6.45, 7) is 7.02. The van der Waals surface area contributed by atoms with Gasteiger partial charge in [0.2, 0.25) is 0 Å². The summed E-state index contributed by atoms with van der Waals surface area (Å²) in [5, 5.41) is 0. The van der Waals surface area contributed by atoms with Crippen LogP contribution in [0.2, 0.25) is 0 Å². The minimum atomic E-state index is 0.914. The maximum atomic E-state index is 2.46. The Balaban J connectivity index is 1.41. The van der Waals surface area contributed by atoms with Gasteiger partial charge >= 0.3 is 0 Å². The Morgan fingerprint density at radius 3 is 1.35 bits per heavy atom. The molecule has 3 aliphatic rings. The molecule has 0 heteroatoms. The van der Waals surface area contributed by atoms with Gasteiger partial charge in [-0.05, 0) is 114 Å². The molecule has 3 fully saturated rings. The molecule has 0 unspecified atom stereocenters. The monoisotopic (exact) mass is 316 g/mol. The van der Waals surface area contributed by atoms with Crippen molar-refractivity contribution in [2.75, 3.05) is 0 Å². The molecule has 0 bridgehead atoms. The summed E-state index contributed by atoms with van der Waals surface area (Å²) in [5.41, 5.74) is 1.65. The highest BCUT2D eigenvalue weighted by Gasteiger charge is 2.34. The van der Waals surface area contributed by atoms with Crippen LogP contribution < -0.4 is 0 Å². The minimum Gasteiger partial charge on any atom is -0.0885 e. The summed E-state index contributed by atoms with van der Waals surface area (Å²) in [6.07, 6.45) is 20.7. The molecule has 0 heterocycles. The maximum absolute atomic E-state index is 2.46. The summed E-state index contributed by atoms with van der Waals surface area (Å²) in [4.78, 5) is 0. The zero-order valence-electron chi connectivity index (χ0n) is 16.0. The molecule has 3 aliphatic carbocycles. The molecule has 0 N–H and O–H groups in total. The summed E-state index contributed by atoms with van der Waals surface area (Å²) >= 11 is 0. The Morgan fingerprint density at radius 1 is 0.609 bits per heavy atom. The van der Waals surface area contributed by atoms with Crippen molar-refractivity contribution in [1.82, 2.24) is 0 Å². The predicted octanol–water partition coefficient (Wildman–Crippen LogP) is 7.39. The fourth-order valence-electron chi connectivity index (χ4n) is 6.13. The van der Waals surface area contributed by atoms with Gasteiger partial charge in [-0.2, -0.15) is 0 Å². The predicted molar refractivity (Wildman–Crippen MR) is 101 cm³/mol. The number of hydrogen-bond donors (Lipinski definition) is 0. The van der Waals surface area contributed by atoms with Crippen LogP contribution in [0.1, 0.15) is 97.8 Å². The van der Waals surface area contributed by atoms with E-state index in [9.17, 15) is 0 Å². The highest BCUT2D eigenvalue weighted by molar-refractivity contribution is 5.03. The summed E-state index contributed by atoms with van der Waals surface area (Å²) < 4.78 is 0. The molecule has 132 valence electrons. The first-order valence-electron chi connectivity index (χ1n) is 10.8. The Labute approximate surface area is 145 Å². The molecule has 23 heavy (non-hydrogen) atoms. The molecular weight excluding hydrogens is 276 g/mol. The van der Waals surface area contributed by atoms with Gasteiger partial charge in [-0.3, -0.25) is 0 Å². The van der Waals surface area contributed by atoms with E-state index in [0.29, 0.717) is 0 Å². The van der Waals surface area contributed by atoms with Crippen LogP contribution in [0.15, 0.2) is 11.6 Å². The Hall–Kier alpha value is -0.260. The van der Waals surface area contributed by atoms with E-state index < -0.39 is 0 Å². The van der Waals surface area contributed by atoms with E-state index in [1.165, 1.54) is 38.5 Å². The van der Waals surface area contributed by atoms with Crippen LogP contribution in [0.4, 0.5) is 0 Å². The molecule has 3 saturated carbocycles. The molecule has 0 aromatic rings. The van der Waals surface area contributed by atoms with Gasteiger partial charge in [0.05, 0.1) is 0 Å². The van der Waals surface area contributed by atoms with Crippen LogP contribution in [0.5, 0.6) is 0 Å². The van der Waals surface area contributed by atoms with Crippen LogP contribution in [0.25, 0.3) is 0 Å². The first kappa shape index (κ1) is 17.6. The van der Waals surface area contributed by atoms with Crippen molar-refractivity contribution < 1.29 is 0 Å². The van der Waals surface area contributed by atoms with E-state index in [-0.39, 0.29) is 0 Å². The third kappa shape index (κ3) is 4.43. The van der Waals surface area contributed by atoms with Crippen LogP contribution in [-0.2, 0) is 0 Å². The Kier molecular flexibility index (Phi) is 6.27. The van der Waals surface area contributed by atoms with Crippen molar-refractivity contribution in [1.29, 1.82) is 0 Å². The lowest BCUT2D eigenvalue weighted by molar-refractivity contribution is 0.109. The fraction of sp³-hybridized carbons (Fsp3) is 0.913. The SMILES string of the molecule is C/C=C(\C)C1CCC(C2CCC(C3CCC(C)CC3)CC2)CC1. The molecule has 0 aromatic carbocycles. The molecule has 0 aromatic heterocycles. The quantitative estimate of drug-likeness (QED) is 0.476. The first-order valence-corrected chi connectivity index (χ1v) is 10.8. The van der Waals surface area contributed by atoms with Gasteiger partial charge in [0.15, 0.2) is 0 Å². The van der Waals surface area contributed by atoms with Crippen molar-refractivity contribution in [2.24, 2.45) is 35.5 Å². The molecule has 3 rings (SSSR count). The van der Waals surface area contributed by atoms with Gasteiger partial charge in [-0.1, -0.05) is 31.4 Å². The van der Waals surface area contributed by atoms with Gasteiger partial charge in [0, 0.05) is 0 Å². The van der Waals surface area contributed by atoms with Gasteiger partial charge in [-0.15, -0.1) is 0 Å². The van der Waals surface area contributed by atoms with E-state index in [2.05, 4.69) is 26.8 Å². The van der Waals surface area contributed by atoms with Crippen molar-refractivity contribution in [3.63, 3.8) is 0 Å². The Morgan fingerprint density at radius 2 is 0.957 bits per heavy atom. The lowest BCUT2D eigenvalue weighted by Crippen LogP contribution is -2.29. The van der Waals surface area contributed by atoms with Crippen molar-refractivity contribution in [3.8, 4) is 0 Å². The largest absolute Gasteiger partial charge is 0.0885 e. The molecule has 0 radical (unpaired) electrons. The van der Waals surface area contributed by atoms with E-state index >= 15 is 0 Å². The van der Waals surface area contributed by atoms with Gasteiger partial charge in [0.1, 0.15) is 0 Å². The molecule has 0 amide bonds. The van der Waals surface area contributed by atoms with E-state index in [1.54, 1.807) is 44.1 Å². The van der Waals surface area contributed by atoms with E-state index in [1.807, 2.05) is 0 Å². The lowest BCUT2D eigenvalue weighted by atomic mass is 9.65. The van der Waals surface area contributed by atoms with Gasteiger partial charge < -0.3 is 0 Å². The number of allylic oxidation sites excluding steroid dienone is 2. The van der Waals surface area contributed by atoms with E-state index in [4.69, 9.17) is 0 Å². The van der Waals surface area contributed by atoms with Gasteiger partial charge in [-0.25, -0.2) is 0 Å². The molecule has 0 spiro atoms. The second kappa shape index (κ2) is 8.21. The standard InChI is InChI=1S/C23H40/c1-4-18(3)19-9-11-21(12-10-19)23-15-13-22(14-16-23)20-7-5-17(2)6-8-20/h4,17,19-23H,5-16H2,1-3H3/b18-4+. The van der Waals surface area contributed by atoms with Crippen molar-refractivity contribution in [2.45, 2.75) is 97.8 Å². The topological polar surface area (TPSA) is 0 Å². The third-order valence-electron chi connectivity index (χ3n) is 8.08. The summed E-state index contributed by atoms with van der Waals surface area (Å²) in [6, 6.07) is 0. The zero-order valence-corrected chi connectivity index (χ0v) is 16.0. The van der Waals surface area contributed by atoms with Crippen molar-refractivity contribution in [3.05, 3.63) is 11.6 Å². The lowest BCUT2D eigenvalue weighted by Gasteiger charge is -2.41. The smallest absolute Gasteiger partial charge is 0.0206 e. The molecule has 0 aliphatic heterocycles. The molecule has 0 saturated heterocycles. The average Bonchev–Trinajstić information content (AvgIpc) is 2.62. The summed E-state index contributed by atoms with van der Waals surface area (Å²) in [7, 11) is 0. The van der Waals surface area contributed by atoms with Crippen LogP contribution >= 0.6 is 0 Å². The van der Waals surface area contributed by atoms with Crippen LogP contribution in [0, 0.1) is 35.5 Å². The van der Waals surface area contributed by atoms with E-state index in [0.717, 1.165) is 35.5 Å². The average molecular weight is 317 g/mol. The van der Waals surface area contributed by atoms with Crippen LogP contribution in [0.3, 0.4) is 0 Å². The second-order valence-corrected chi connectivity index (χ2v) is 9.34. The molecular formula is C23H40. The maximum Gasteiger partial charge on any atom is -0.0206 e. The summed E-state index contributed by atoms with van der Waals surface area (Å²) in [5.74, 6) is 6.28. The minimum absolute atomic E-state index is 0.914. The fourth-order valence-corrected chi connectivity index (χ4v) is 6.13. The van der Waals surface area contributed by atoms with Crippen molar-refractivity contribution >= 4 is 0 Å². The molecule has 0 atom stereocenters. The first-order chi connectivity index (χ1) is 11.2. The van der Waals surface area contributed by atoms with Crippen LogP contribution in [-0.4, -0.2) is 0 Å². The Bertz CT molecular complexity index is 369. The molecule has 0 nitrogen and oxygen atoms in total. The normalized spacial score (nSPS) is 43.3. The second-order valence-electron chi connectivity index (χ2n) is 9.34. The number of rotatable bonds is 3. The van der Waals surface area contributed by atoms with Gasteiger partial charge in [0.25, 0.3) is 0 Å². The highest BCUT2D eigenvalue weighted by Crippen LogP contribution is 2.46. The zero-order chi connectivity index (χ0) is 16.2. The third-order valence-corrected chi connectivity index (χ3v) is 8.08. The number of hydrogen-bond acceptors (Lipinski definition) is 0.